The van der Waals surface area contributed by atoms with Crippen LogP contribution in [0.15, 0.2) is 28.1 Å². The quantitative estimate of drug-likeness (QED) is 0.842. The van der Waals surface area contributed by atoms with E-state index in [9.17, 15) is 0 Å². The van der Waals surface area contributed by atoms with Crippen LogP contribution in [0.25, 0.3) is 0 Å². The first-order valence-corrected chi connectivity index (χ1v) is 8.57. The standard InChI is InChI=1S/C16H21BrN2OS/c1-10(18)12-7-11(17)5-6-13(12)20-8-15-19-14(9-21-15)16(2,3)4/h5-7,9-10H,8,18H2,1-4H3/t10-/m0/s1. The molecule has 1 aromatic heterocycles. The first-order valence-electron chi connectivity index (χ1n) is 6.90. The second-order valence-corrected chi connectivity index (χ2v) is 7.99. The molecule has 114 valence electrons. The van der Waals surface area contributed by atoms with E-state index < -0.39 is 0 Å². The lowest BCUT2D eigenvalue weighted by atomic mass is 9.93. The summed E-state index contributed by atoms with van der Waals surface area (Å²) in [6.07, 6.45) is 0. The van der Waals surface area contributed by atoms with E-state index in [-0.39, 0.29) is 11.5 Å². The summed E-state index contributed by atoms with van der Waals surface area (Å²) in [5.74, 6) is 0.820. The fourth-order valence-electron chi connectivity index (χ4n) is 1.87. The van der Waals surface area contributed by atoms with Crippen LogP contribution in [0.1, 0.15) is 50.0 Å². The van der Waals surface area contributed by atoms with Crippen molar-refractivity contribution in [2.24, 2.45) is 5.73 Å². The molecule has 0 aliphatic heterocycles. The van der Waals surface area contributed by atoms with E-state index in [1.807, 2.05) is 25.1 Å². The zero-order chi connectivity index (χ0) is 15.6. The van der Waals surface area contributed by atoms with E-state index in [0.29, 0.717) is 6.61 Å². The number of aromatic nitrogens is 1. The average Bonchev–Trinajstić information content (AvgIpc) is 2.85. The van der Waals surface area contributed by atoms with E-state index in [1.165, 1.54) is 0 Å². The van der Waals surface area contributed by atoms with Crippen LogP contribution < -0.4 is 10.5 Å². The largest absolute Gasteiger partial charge is 0.486 e. The number of hydrogen-bond acceptors (Lipinski definition) is 4. The van der Waals surface area contributed by atoms with Crippen LogP contribution in [-0.2, 0) is 12.0 Å². The van der Waals surface area contributed by atoms with Gasteiger partial charge in [0.1, 0.15) is 17.4 Å². The molecular weight excluding hydrogens is 348 g/mol. The molecule has 0 aliphatic rings. The van der Waals surface area contributed by atoms with Crippen molar-refractivity contribution in [2.45, 2.75) is 45.8 Å². The molecule has 21 heavy (non-hydrogen) atoms. The predicted octanol–water partition coefficient (Wildman–Crippen LogP) is 4.80. The summed E-state index contributed by atoms with van der Waals surface area (Å²) in [5.41, 5.74) is 8.18. The molecule has 1 atom stereocenters. The van der Waals surface area contributed by atoms with Crippen LogP contribution >= 0.6 is 27.3 Å². The first kappa shape index (κ1) is 16.5. The summed E-state index contributed by atoms with van der Waals surface area (Å²) in [5, 5.41) is 3.09. The molecule has 0 bridgehead atoms. The molecule has 1 heterocycles. The minimum atomic E-state index is -0.0704. The molecule has 0 amide bonds. The maximum Gasteiger partial charge on any atom is 0.140 e. The van der Waals surface area contributed by atoms with Gasteiger partial charge in [0.25, 0.3) is 0 Å². The summed E-state index contributed by atoms with van der Waals surface area (Å²) in [6.45, 7) is 8.92. The van der Waals surface area contributed by atoms with Crippen molar-refractivity contribution in [3.63, 3.8) is 0 Å². The Hall–Kier alpha value is -0.910. The molecule has 3 nitrogen and oxygen atoms in total. The third kappa shape index (κ3) is 4.28. The van der Waals surface area contributed by atoms with Gasteiger partial charge < -0.3 is 10.5 Å². The van der Waals surface area contributed by atoms with Crippen LogP contribution in [0.2, 0.25) is 0 Å². The number of benzene rings is 1. The van der Waals surface area contributed by atoms with Gasteiger partial charge in [0, 0.05) is 26.9 Å². The Kier molecular flexibility index (Phi) is 5.07. The molecule has 0 unspecified atom stereocenters. The summed E-state index contributed by atoms with van der Waals surface area (Å²) in [6, 6.07) is 5.84. The molecule has 0 spiro atoms. The van der Waals surface area contributed by atoms with Crippen molar-refractivity contribution < 1.29 is 4.74 Å². The highest BCUT2D eigenvalue weighted by Crippen LogP contribution is 2.29. The SMILES string of the molecule is C[C@H](N)c1cc(Br)ccc1OCc1nc(C(C)(C)C)cs1. The molecule has 2 rings (SSSR count). The van der Waals surface area contributed by atoms with Crippen molar-refractivity contribution >= 4 is 27.3 Å². The predicted molar refractivity (Wildman–Crippen MR) is 91.9 cm³/mol. The molecule has 2 aromatic rings. The lowest BCUT2D eigenvalue weighted by Gasteiger charge is -2.15. The zero-order valence-corrected chi connectivity index (χ0v) is 15.2. The van der Waals surface area contributed by atoms with Gasteiger partial charge in [0.15, 0.2) is 0 Å². The lowest BCUT2D eigenvalue weighted by Crippen LogP contribution is -2.12. The Bertz CT molecular complexity index is 617. The Morgan fingerprint density at radius 3 is 2.67 bits per heavy atom. The van der Waals surface area contributed by atoms with Gasteiger partial charge >= 0.3 is 0 Å². The highest BCUT2D eigenvalue weighted by molar-refractivity contribution is 9.10. The number of nitrogens with zero attached hydrogens (tertiary/aromatic N) is 1. The normalized spacial score (nSPS) is 13.2. The van der Waals surface area contributed by atoms with Gasteiger partial charge in [0.05, 0.1) is 5.69 Å². The molecule has 1 aromatic carbocycles. The lowest BCUT2D eigenvalue weighted by molar-refractivity contribution is 0.300. The highest BCUT2D eigenvalue weighted by atomic mass is 79.9. The van der Waals surface area contributed by atoms with Crippen molar-refractivity contribution in [3.8, 4) is 5.75 Å². The highest BCUT2D eigenvalue weighted by Gasteiger charge is 2.18. The van der Waals surface area contributed by atoms with Crippen LogP contribution in [0.5, 0.6) is 5.75 Å². The Morgan fingerprint density at radius 1 is 1.38 bits per heavy atom. The average molecular weight is 369 g/mol. The maximum atomic E-state index is 6.00. The van der Waals surface area contributed by atoms with Crippen LogP contribution in [0, 0.1) is 0 Å². The summed E-state index contributed by atoms with van der Waals surface area (Å²) in [7, 11) is 0. The van der Waals surface area contributed by atoms with Gasteiger partial charge in [-0.05, 0) is 25.1 Å². The Morgan fingerprint density at radius 2 is 2.10 bits per heavy atom. The fraction of sp³-hybridized carbons (Fsp3) is 0.438. The molecule has 0 radical (unpaired) electrons. The van der Waals surface area contributed by atoms with Gasteiger partial charge in [-0.2, -0.15) is 0 Å². The van der Waals surface area contributed by atoms with E-state index in [4.69, 9.17) is 10.5 Å². The van der Waals surface area contributed by atoms with E-state index in [1.54, 1.807) is 11.3 Å². The van der Waals surface area contributed by atoms with Crippen LogP contribution in [0.4, 0.5) is 0 Å². The maximum absolute atomic E-state index is 6.00. The summed E-state index contributed by atoms with van der Waals surface area (Å²) < 4.78 is 6.92. The molecule has 0 fully saturated rings. The third-order valence-corrected chi connectivity index (χ3v) is 4.45. The van der Waals surface area contributed by atoms with Gasteiger partial charge in [-0.1, -0.05) is 36.7 Å². The van der Waals surface area contributed by atoms with Crippen molar-refractivity contribution in [3.05, 3.63) is 44.3 Å². The summed E-state index contributed by atoms with van der Waals surface area (Å²) in [4.78, 5) is 4.64. The monoisotopic (exact) mass is 368 g/mol. The first-order chi connectivity index (χ1) is 9.77. The number of hydrogen-bond donors (Lipinski definition) is 1. The van der Waals surface area contributed by atoms with E-state index in [2.05, 4.69) is 47.1 Å². The van der Waals surface area contributed by atoms with Crippen molar-refractivity contribution in [2.75, 3.05) is 0 Å². The van der Waals surface area contributed by atoms with Gasteiger partial charge in [-0.3, -0.25) is 0 Å². The second kappa shape index (κ2) is 6.46. The molecule has 0 saturated heterocycles. The number of nitrogens with two attached hydrogens (primary N) is 1. The van der Waals surface area contributed by atoms with Crippen LogP contribution in [0.3, 0.4) is 0 Å². The Balaban J connectivity index is 2.12. The van der Waals surface area contributed by atoms with Crippen molar-refractivity contribution in [1.29, 1.82) is 0 Å². The second-order valence-electron chi connectivity index (χ2n) is 6.14. The van der Waals surface area contributed by atoms with Gasteiger partial charge in [0.2, 0.25) is 0 Å². The number of thiazole rings is 1. The molecule has 0 saturated carbocycles. The number of halogens is 1. The van der Waals surface area contributed by atoms with E-state index >= 15 is 0 Å². The third-order valence-electron chi connectivity index (χ3n) is 3.13. The minimum Gasteiger partial charge on any atom is -0.486 e. The topological polar surface area (TPSA) is 48.1 Å². The van der Waals surface area contributed by atoms with Gasteiger partial charge in [-0.15, -0.1) is 11.3 Å². The number of rotatable bonds is 4. The molecule has 0 aliphatic carbocycles. The van der Waals surface area contributed by atoms with E-state index in [0.717, 1.165) is 26.5 Å². The smallest absolute Gasteiger partial charge is 0.140 e. The van der Waals surface area contributed by atoms with Gasteiger partial charge in [-0.25, -0.2) is 4.98 Å². The molecule has 2 N–H and O–H groups in total. The minimum absolute atomic E-state index is 0.0704. The van der Waals surface area contributed by atoms with Crippen LogP contribution in [-0.4, -0.2) is 4.98 Å². The molecular formula is C16H21BrN2OS. The number of ether oxygens (including phenoxy) is 1. The van der Waals surface area contributed by atoms with Crippen molar-refractivity contribution in [1.82, 2.24) is 4.98 Å². The molecule has 5 heteroatoms. The Labute approximate surface area is 138 Å². The zero-order valence-electron chi connectivity index (χ0n) is 12.8. The fourth-order valence-corrected chi connectivity index (χ4v) is 3.18. The summed E-state index contributed by atoms with van der Waals surface area (Å²) >= 11 is 5.10.